The molecule has 0 aliphatic heterocycles. The molecule has 3 N–H and O–H groups in total. The highest BCUT2D eigenvalue weighted by molar-refractivity contribution is 5.40. The molecule has 0 amide bonds. The molecule has 0 radical (unpaired) electrons. The molecule has 0 aromatic rings. The lowest BCUT2D eigenvalue weighted by molar-refractivity contribution is -0.0546. The van der Waals surface area contributed by atoms with E-state index in [-0.39, 0.29) is 5.41 Å². The van der Waals surface area contributed by atoms with Crippen LogP contribution in [0.5, 0.6) is 0 Å². The second-order valence-corrected chi connectivity index (χ2v) is 13.2. The van der Waals surface area contributed by atoms with Gasteiger partial charge in [-0.05, 0) is 80.5 Å². The quantitative estimate of drug-likeness (QED) is 0.340. The summed E-state index contributed by atoms with van der Waals surface area (Å²) in [4.78, 5) is 0. The molecule has 34 heavy (non-hydrogen) atoms. The molecule has 4 aliphatic carbocycles. The van der Waals surface area contributed by atoms with E-state index in [0.717, 1.165) is 57.3 Å². The first-order valence-corrected chi connectivity index (χ1v) is 14.6. The fraction of sp³-hybridized carbons (Fsp3) is 0.871. The topological polar surface area (TPSA) is 60.7 Å². The van der Waals surface area contributed by atoms with Crippen molar-refractivity contribution >= 4 is 0 Å². The summed E-state index contributed by atoms with van der Waals surface area (Å²) in [6.07, 6.45) is 17.4. The van der Waals surface area contributed by atoms with E-state index in [1.54, 1.807) is 5.57 Å². The summed E-state index contributed by atoms with van der Waals surface area (Å²) < 4.78 is 0. The molecule has 4 rings (SSSR count). The minimum atomic E-state index is -0.454. The molecular formula is C31H52O3. The summed E-state index contributed by atoms with van der Waals surface area (Å²) in [5.41, 5.74) is 2.57. The first-order valence-electron chi connectivity index (χ1n) is 14.6. The average Bonchev–Trinajstić information content (AvgIpc) is 3.12. The second-order valence-electron chi connectivity index (χ2n) is 13.2. The van der Waals surface area contributed by atoms with Crippen LogP contribution in [0.4, 0.5) is 0 Å². The molecule has 3 saturated carbocycles. The van der Waals surface area contributed by atoms with E-state index >= 15 is 0 Å². The van der Waals surface area contributed by atoms with Crippen molar-refractivity contribution in [3.63, 3.8) is 0 Å². The van der Waals surface area contributed by atoms with Crippen LogP contribution in [-0.4, -0.2) is 33.1 Å². The van der Waals surface area contributed by atoms with Gasteiger partial charge in [0.2, 0.25) is 0 Å². The molecule has 4 aliphatic rings. The van der Waals surface area contributed by atoms with Gasteiger partial charge in [-0.25, -0.2) is 0 Å². The van der Waals surface area contributed by atoms with Crippen LogP contribution < -0.4 is 0 Å². The van der Waals surface area contributed by atoms with E-state index in [2.05, 4.69) is 46.8 Å². The maximum absolute atomic E-state index is 11.1. The van der Waals surface area contributed by atoms with Crippen LogP contribution in [-0.2, 0) is 0 Å². The Kier molecular flexibility index (Phi) is 7.79. The molecule has 0 saturated heterocycles. The van der Waals surface area contributed by atoms with Crippen molar-refractivity contribution in [2.75, 3.05) is 0 Å². The van der Waals surface area contributed by atoms with Crippen molar-refractivity contribution in [1.29, 1.82) is 0 Å². The van der Waals surface area contributed by atoms with E-state index in [1.807, 2.05) is 0 Å². The van der Waals surface area contributed by atoms with Crippen LogP contribution in [0, 0.1) is 34.5 Å². The number of aliphatic hydroxyl groups excluding tert-OH is 2. The van der Waals surface area contributed by atoms with Crippen LogP contribution >= 0.6 is 0 Å². The first-order chi connectivity index (χ1) is 16.1. The van der Waals surface area contributed by atoms with Crippen LogP contribution in [0.25, 0.3) is 0 Å². The third-order valence-electron chi connectivity index (χ3n) is 11.1. The molecule has 0 spiro atoms. The fourth-order valence-electron chi connectivity index (χ4n) is 9.28. The molecule has 0 aromatic carbocycles. The Morgan fingerprint density at radius 2 is 1.71 bits per heavy atom. The third-order valence-corrected chi connectivity index (χ3v) is 11.1. The summed E-state index contributed by atoms with van der Waals surface area (Å²) in [7, 11) is 0. The Hall–Kier alpha value is -0.640. The van der Waals surface area contributed by atoms with Crippen LogP contribution in [0.3, 0.4) is 0 Å². The van der Waals surface area contributed by atoms with E-state index in [1.165, 1.54) is 31.3 Å². The number of allylic oxidation sites excluding steroid dienone is 3. The van der Waals surface area contributed by atoms with Gasteiger partial charge in [-0.15, -0.1) is 0 Å². The highest BCUT2D eigenvalue weighted by Crippen LogP contribution is 2.66. The van der Waals surface area contributed by atoms with Gasteiger partial charge >= 0.3 is 0 Å². The molecule has 194 valence electrons. The van der Waals surface area contributed by atoms with Crippen molar-refractivity contribution in [2.45, 2.75) is 136 Å². The van der Waals surface area contributed by atoms with Gasteiger partial charge in [0.1, 0.15) is 0 Å². The highest BCUT2D eigenvalue weighted by Gasteiger charge is 2.58. The monoisotopic (exact) mass is 472 g/mol. The normalized spacial score (nSPS) is 40.6. The Morgan fingerprint density at radius 3 is 2.38 bits per heavy atom. The van der Waals surface area contributed by atoms with Gasteiger partial charge < -0.3 is 15.3 Å². The molecule has 0 unspecified atom stereocenters. The zero-order valence-corrected chi connectivity index (χ0v) is 22.7. The SMILES string of the molecule is CCCC(O)(CCC)CCC[C@@H](C)[C@H]1CC[C@H]2C3=CC=C4C[C@@H](O)C[C@H](O)[C@]4(C)[C@H]3CC[C@]12C. The number of aliphatic hydroxyl groups is 3. The number of hydrogen-bond donors (Lipinski definition) is 3. The Labute approximate surface area is 209 Å². The van der Waals surface area contributed by atoms with Crippen molar-refractivity contribution in [2.24, 2.45) is 34.5 Å². The smallest absolute Gasteiger partial charge is 0.0661 e. The molecule has 0 bridgehead atoms. The Morgan fingerprint density at radius 1 is 1.00 bits per heavy atom. The largest absolute Gasteiger partial charge is 0.393 e. The van der Waals surface area contributed by atoms with Crippen LogP contribution in [0.2, 0.25) is 0 Å². The lowest BCUT2D eigenvalue weighted by Gasteiger charge is -2.56. The maximum atomic E-state index is 11.1. The summed E-state index contributed by atoms with van der Waals surface area (Å²) in [6.45, 7) is 11.7. The van der Waals surface area contributed by atoms with Gasteiger partial charge in [-0.2, -0.15) is 0 Å². The molecule has 0 heterocycles. The minimum Gasteiger partial charge on any atom is -0.393 e. The summed E-state index contributed by atoms with van der Waals surface area (Å²) in [5, 5.41) is 32.4. The molecule has 8 atom stereocenters. The molecular weight excluding hydrogens is 420 g/mol. The second kappa shape index (κ2) is 10.0. The van der Waals surface area contributed by atoms with E-state index in [0.29, 0.717) is 29.6 Å². The lowest BCUT2D eigenvalue weighted by atomic mass is 9.49. The van der Waals surface area contributed by atoms with Crippen molar-refractivity contribution in [3.05, 3.63) is 23.3 Å². The third kappa shape index (κ3) is 4.48. The van der Waals surface area contributed by atoms with Crippen LogP contribution in [0.15, 0.2) is 23.3 Å². The number of hydrogen-bond acceptors (Lipinski definition) is 3. The van der Waals surface area contributed by atoms with E-state index < -0.39 is 17.8 Å². The lowest BCUT2D eigenvalue weighted by Crippen LogP contribution is -2.52. The Balaban J connectivity index is 1.45. The van der Waals surface area contributed by atoms with Crippen molar-refractivity contribution in [3.8, 4) is 0 Å². The molecule has 0 aromatic heterocycles. The molecule has 3 fully saturated rings. The van der Waals surface area contributed by atoms with Gasteiger partial charge in [0.25, 0.3) is 0 Å². The maximum Gasteiger partial charge on any atom is 0.0661 e. The highest BCUT2D eigenvalue weighted by atomic mass is 16.3. The first kappa shape index (κ1) is 26.4. The Bertz CT molecular complexity index is 778. The predicted molar refractivity (Wildman–Crippen MR) is 140 cm³/mol. The van der Waals surface area contributed by atoms with Gasteiger partial charge in [0.15, 0.2) is 0 Å². The average molecular weight is 473 g/mol. The van der Waals surface area contributed by atoms with Gasteiger partial charge in [-0.3, -0.25) is 0 Å². The number of rotatable bonds is 9. The van der Waals surface area contributed by atoms with E-state index in [9.17, 15) is 15.3 Å². The summed E-state index contributed by atoms with van der Waals surface area (Å²) >= 11 is 0. The summed E-state index contributed by atoms with van der Waals surface area (Å²) in [5.74, 6) is 2.51. The molecule has 3 nitrogen and oxygen atoms in total. The zero-order chi connectivity index (χ0) is 24.7. The van der Waals surface area contributed by atoms with Gasteiger partial charge in [-0.1, -0.05) is 83.6 Å². The van der Waals surface area contributed by atoms with Crippen molar-refractivity contribution < 1.29 is 15.3 Å². The molecule has 3 heteroatoms. The minimum absolute atomic E-state index is 0.197. The zero-order valence-electron chi connectivity index (χ0n) is 22.7. The van der Waals surface area contributed by atoms with E-state index in [4.69, 9.17) is 0 Å². The summed E-state index contributed by atoms with van der Waals surface area (Å²) in [6, 6.07) is 0. The van der Waals surface area contributed by atoms with Gasteiger partial charge in [0, 0.05) is 11.8 Å². The van der Waals surface area contributed by atoms with Crippen molar-refractivity contribution in [1.82, 2.24) is 0 Å². The van der Waals surface area contributed by atoms with Gasteiger partial charge in [0.05, 0.1) is 17.8 Å². The fourth-order valence-corrected chi connectivity index (χ4v) is 9.28. The standard InChI is InChI=1S/C31H52O3/c1-6-15-31(34,16-7-2)17-8-9-21(3)25-12-13-26-24-11-10-22-19-23(32)20-28(33)30(22,5)27(24)14-18-29(25,26)4/h10-11,21,23,25-28,32-34H,6-9,12-20H2,1-5H3/t21-,23-,25-,26+,27+,28+,29-,30+/m1/s1. The number of fused-ring (bicyclic) bond motifs is 5. The van der Waals surface area contributed by atoms with Crippen LogP contribution in [0.1, 0.15) is 118 Å². The predicted octanol–water partition coefficient (Wildman–Crippen LogP) is 6.95.